The minimum atomic E-state index is -5.04. The second kappa shape index (κ2) is 9.84. The number of rotatable bonds is 8. The molecule has 15 heteroatoms. The van der Waals surface area contributed by atoms with Gasteiger partial charge in [-0.25, -0.2) is 4.79 Å². The number of ether oxygens (including phenoxy) is 2. The molecule has 1 saturated heterocycles. The standard InChI is InChI=1S/C15H19F3N4O8/c16-15(17,18)13(27)20-3-2-19-9(25)6-29-11-10(26)7(5-23)30-12(11)22-4-1-8(24)21-14(22)28/h1,4,7,10-12,23,26H,2-3,5-6H2,(H,19,25)(H,20,27)(H,21,24,28)/t7-,10?,11?,12-/m1/s1. The van der Waals surface area contributed by atoms with Crippen LogP contribution in [0.1, 0.15) is 6.23 Å². The lowest BCUT2D eigenvalue weighted by Gasteiger charge is -2.22. The van der Waals surface area contributed by atoms with Crippen molar-refractivity contribution in [2.24, 2.45) is 0 Å². The molecule has 168 valence electrons. The summed E-state index contributed by atoms with van der Waals surface area (Å²) in [6.07, 6.45) is -9.10. The van der Waals surface area contributed by atoms with Crippen LogP contribution in [0.4, 0.5) is 13.2 Å². The largest absolute Gasteiger partial charge is 0.471 e. The molecule has 1 aliphatic heterocycles. The summed E-state index contributed by atoms with van der Waals surface area (Å²) in [5.74, 6) is -2.94. The summed E-state index contributed by atoms with van der Waals surface area (Å²) >= 11 is 0. The maximum Gasteiger partial charge on any atom is 0.471 e. The summed E-state index contributed by atoms with van der Waals surface area (Å²) in [6.45, 7) is -2.11. The number of aromatic nitrogens is 2. The van der Waals surface area contributed by atoms with Crippen molar-refractivity contribution in [2.45, 2.75) is 30.7 Å². The second-order valence-corrected chi connectivity index (χ2v) is 6.13. The molecule has 0 bridgehead atoms. The van der Waals surface area contributed by atoms with Gasteiger partial charge in [0, 0.05) is 25.4 Å². The van der Waals surface area contributed by atoms with Crippen molar-refractivity contribution in [2.75, 3.05) is 26.3 Å². The van der Waals surface area contributed by atoms with E-state index >= 15 is 0 Å². The Balaban J connectivity index is 1.92. The zero-order chi connectivity index (χ0) is 22.5. The SMILES string of the molecule is O=C(COC1C(O)[C@@H](CO)O[C@H]1n1ccc(=O)[nH]c1=O)NCCNC(=O)C(F)(F)F. The molecule has 0 radical (unpaired) electrons. The number of H-pyrrole nitrogens is 1. The number of hydrogen-bond donors (Lipinski definition) is 5. The van der Waals surface area contributed by atoms with Crippen molar-refractivity contribution in [1.82, 2.24) is 20.2 Å². The van der Waals surface area contributed by atoms with Crippen LogP contribution < -0.4 is 21.9 Å². The van der Waals surface area contributed by atoms with Gasteiger partial charge in [0.05, 0.1) is 6.61 Å². The Morgan fingerprint density at radius 3 is 2.53 bits per heavy atom. The number of aliphatic hydroxyl groups is 2. The van der Waals surface area contributed by atoms with E-state index in [4.69, 9.17) is 9.47 Å². The Hall–Kier alpha value is -2.75. The van der Waals surface area contributed by atoms with Gasteiger partial charge in [-0.3, -0.25) is 23.9 Å². The van der Waals surface area contributed by atoms with Crippen molar-refractivity contribution >= 4 is 11.8 Å². The van der Waals surface area contributed by atoms with Gasteiger partial charge in [-0.1, -0.05) is 0 Å². The normalized spacial score (nSPS) is 23.9. The number of nitrogens with one attached hydrogen (secondary N) is 3. The summed E-state index contributed by atoms with van der Waals surface area (Å²) in [6, 6.07) is 1.02. The zero-order valence-electron chi connectivity index (χ0n) is 15.2. The molecule has 0 saturated carbocycles. The molecular formula is C15H19F3N4O8. The fraction of sp³-hybridized carbons (Fsp3) is 0.600. The van der Waals surface area contributed by atoms with E-state index in [1.54, 1.807) is 5.32 Å². The lowest BCUT2D eigenvalue weighted by atomic mass is 10.1. The molecule has 2 unspecified atom stereocenters. The molecule has 30 heavy (non-hydrogen) atoms. The van der Waals surface area contributed by atoms with Crippen molar-refractivity contribution in [3.8, 4) is 0 Å². The Labute approximate surface area is 165 Å². The van der Waals surface area contributed by atoms with Crippen LogP contribution in [0.3, 0.4) is 0 Å². The first-order chi connectivity index (χ1) is 14.0. The van der Waals surface area contributed by atoms with Crippen LogP contribution in [0.2, 0.25) is 0 Å². The molecule has 0 aromatic carbocycles. The molecule has 4 atom stereocenters. The average molecular weight is 440 g/mol. The molecule has 12 nitrogen and oxygen atoms in total. The zero-order valence-corrected chi connectivity index (χ0v) is 15.2. The number of halogens is 3. The van der Waals surface area contributed by atoms with Crippen LogP contribution in [0.15, 0.2) is 21.9 Å². The van der Waals surface area contributed by atoms with Crippen molar-refractivity contribution in [3.63, 3.8) is 0 Å². The first-order valence-corrected chi connectivity index (χ1v) is 8.53. The molecule has 1 aliphatic rings. The average Bonchev–Trinajstić information content (AvgIpc) is 2.98. The quantitative estimate of drug-likeness (QED) is 0.266. The molecule has 2 amide bonds. The van der Waals surface area contributed by atoms with E-state index < -0.39 is 73.5 Å². The number of hydrogen-bond acceptors (Lipinski definition) is 8. The topological polar surface area (TPSA) is 172 Å². The summed E-state index contributed by atoms with van der Waals surface area (Å²) in [4.78, 5) is 47.5. The summed E-state index contributed by atoms with van der Waals surface area (Å²) in [5, 5.41) is 23.2. The Morgan fingerprint density at radius 1 is 1.27 bits per heavy atom. The molecule has 0 aliphatic carbocycles. The minimum absolute atomic E-state index is 0.324. The van der Waals surface area contributed by atoms with E-state index in [0.717, 1.165) is 16.8 Å². The highest BCUT2D eigenvalue weighted by atomic mass is 19.4. The maximum atomic E-state index is 12.0. The lowest BCUT2D eigenvalue weighted by molar-refractivity contribution is -0.173. The number of nitrogens with zero attached hydrogens (tertiary/aromatic N) is 1. The number of aromatic amines is 1. The predicted molar refractivity (Wildman–Crippen MR) is 90.1 cm³/mol. The number of carbonyl (C=O) groups excluding carboxylic acids is 2. The summed E-state index contributed by atoms with van der Waals surface area (Å²) < 4.78 is 47.6. The van der Waals surface area contributed by atoms with Gasteiger partial charge in [-0.2, -0.15) is 13.2 Å². The lowest BCUT2D eigenvalue weighted by Crippen LogP contribution is -2.43. The molecular weight excluding hydrogens is 421 g/mol. The van der Waals surface area contributed by atoms with Crippen LogP contribution in [-0.4, -0.2) is 82.4 Å². The highest BCUT2D eigenvalue weighted by molar-refractivity contribution is 5.81. The van der Waals surface area contributed by atoms with Gasteiger partial charge >= 0.3 is 17.8 Å². The first kappa shape index (κ1) is 23.5. The van der Waals surface area contributed by atoms with E-state index in [-0.39, 0.29) is 6.54 Å². The van der Waals surface area contributed by atoms with E-state index in [1.165, 1.54) is 0 Å². The van der Waals surface area contributed by atoms with Gasteiger partial charge in [0.1, 0.15) is 24.9 Å². The van der Waals surface area contributed by atoms with Gasteiger partial charge in [-0.15, -0.1) is 0 Å². The summed E-state index contributed by atoms with van der Waals surface area (Å²) in [5.41, 5.74) is -1.56. The maximum absolute atomic E-state index is 12.0. The van der Waals surface area contributed by atoms with Gasteiger partial charge in [0.15, 0.2) is 6.23 Å². The third-order valence-electron chi connectivity index (χ3n) is 4.02. The van der Waals surface area contributed by atoms with Crippen LogP contribution in [0, 0.1) is 0 Å². The fourth-order valence-corrected chi connectivity index (χ4v) is 2.60. The van der Waals surface area contributed by atoms with E-state index in [9.17, 15) is 42.6 Å². The molecule has 2 rings (SSSR count). The fourth-order valence-electron chi connectivity index (χ4n) is 2.60. The highest BCUT2D eigenvalue weighted by Crippen LogP contribution is 2.30. The van der Waals surface area contributed by atoms with Crippen molar-refractivity contribution < 1.29 is 42.4 Å². The Kier molecular flexibility index (Phi) is 7.71. The molecule has 5 N–H and O–H groups in total. The smallest absolute Gasteiger partial charge is 0.394 e. The van der Waals surface area contributed by atoms with Crippen LogP contribution in [0.5, 0.6) is 0 Å². The van der Waals surface area contributed by atoms with Gasteiger partial charge in [0.25, 0.3) is 5.56 Å². The summed E-state index contributed by atoms with van der Waals surface area (Å²) in [7, 11) is 0. The number of amides is 2. The van der Waals surface area contributed by atoms with Crippen LogP contribution in [0.25, 0.3) is 0 Å². The van der Waals surface area contributed by atoms with Gasteiger partial charge in [-0.05, 0) is 0 Å². The monoisotopic (exact) mass is 440 g/mol. The Morgan fingerprint density at radius 2 is 1.93 bits per heavy atom. The van der Waals surface area contributed by atoms with E-state index in [0.29, 0.717) is 0 Å². The minimum Gasteiger partial charge on any atom is -0.394 e. The van der Waals surface area contributed by atoms with Crippen LogP contribution in [-0.2, 0) is 19.1 Å². The number of carbonyl (C=O) groups is 2. The van der Waals surface area contributed by atoms with Crippen LogP contribution >= 0.6 is 0 Å². The second-order valence-electron chi connectivity index (χ2n) is 6.13. The Bertz CT molecular complexity index is 870. The predicted octanol–water partition coefficient (Wildman–Crippen LogP) is -3.03. The third-order valence-corrected chi connectivity index (χ3v) is 4.02. The number of aliphatic hydroxyl groups excluding tert-OH is 2. The molecule has 2 heterocycles. The van der Waals surface area contributed by atoms with Gasteiger partial charge < -0.3 is 30.3 Å². The third kappa shape index (κ3) is 5.88. The van der Waals surface area contributed by atoms with Crippen molar-refractivity contribution in [3.05, 3.63) is 33.1 Å². The van der Waals surface area contributed by atoms with Crippen molar-refractivity contribution in [1.29, 1.82) is 0 Å². The molecule has 1 fully saturated rings. The molecule has 1 aromatic rings. The van der Waals surface area contributed by atoms with Gasteiger partial charge in [0.2, 0.25) is 5.91 Å². The van der Waals surface area contributed by atoms with E-state index in [2.05, 4.69) is 5.32 Å². The van der Waals surface area contributed by atoms with E-state index in [1.807, 2.05) is 4.98 Å². The highest BCUT2D eigenvalue weighted by Gasteiger charge is 2.46. The molecule has 1 aromatic heterocycles. The number of alkyl halides is 3. The first-order valence-electron chi connectivity index (χ1n) is 8.53. The molecule has 0 spiro atoms.